The fourth-order valence-electron chi connectivity index (χ4n) is 1.72. The third-order valence-corrected chi connectivity index (χ3v) is 3.69. The Morgan fingerprint density at radius 2 is 1.89 bits per heavy atom. The molecular weight excluding hydrogens is 258 g/mol. The highest BCUT2D eigenvalue weighted by Gasteiger charge is 2.13. The quantitative estimate of drug-likeness (QED) is 0.859. The molecule has 0 radical (unpaired) electrons. The molecule has 100 valence electrons. The van der Waals surface area contributed by atoms with E-state index in [-0.39, 0.29) is 6.03 Å². The van der Waals surface area contributed by atoms with E-state index in [1.165, 1.54) is 4.68 Å². The molecule has 2 rings (SSSR count). The van der Waals surface area contributed by atoms with E-state index in [1.807, 2.05) is 50.2 Å². The molecule has 0 N–H and O–H groups in total. The molecule has 1 amide bonds. The number of carbonyl (C=O) groups excluding carboxylic acids is 1. The first-order chi connectivity index (χ1) is 9.24. The molecule has 5 heteroatoms. The van der Waals surface area contributed by atoms with E-state index in [0.717, 1.165) is 9.92 Å². The maximum atomic E-state index is 12.1. The topological polar surface area (TPSA) is 38.1 Å². The molecule has 0 bridgehead atoms. The maximum Gasteiger partial charge on any atom is 0.344 e. The molecule has 1 aromatic heterocycles. The van der Waals surface area contributed by atoms with Crippen LogP contribution in [0, 0.1) is 0 Å². The first kappa shape index (κ1) is 13.7. The second-order valence-electron chi connectivity index (χ2n) is 3.97. The lowest BCUT2D eigenvalue weighted by Crippen LogP contribution is -2.34. The van der Waals surface area contributed by atoms with Gasteiger partial charge in [-0.2, -0.15) is 9.78 Å². The van der Waals surface area contributed by atoms with E-state index in [4.69, 9.17) is 0 Å². The predicted octanol–water partition coefficient (Wildman–Crippen LogP) is 3.34. The molecule has 0 saturated carbocycles. The van der Waals surface area contributed by atoms with Gasteiger partial charge in [-0.25, -0.2) is 4.79 Å². The molecule has 19 heavy (non-hydrogen) atoms. The number of benzene rings is 1. The highest BCUT2D eigenvalue weighted by atomic mass is 32.2. The molecule has 0 fully saturated rings. The normalized spacial score (nSPS) is 10.4. The van der Waals surface area contributed by atoms with Gasteiger partial charge in [0.05, 0.1) is 0 Å². The van der Waals surface area contributed by atoms with Crippen molar-refractivity contribution < 1.29 is 4.79 Å². The van der Waals surface area contributed by atoms with Crippen molar-refractivity contribution in [2.45, 2.75) is 23.8 Å². The summed E-state index contributed by atoms with van der Waals surface area (Å²) in [5.41, 5.74) is 0. The summed E-state index contributed by atoms with van der Waals surface area (Å²) in [7, 11) is 0. The molecule has 2 aromatic rings. The fourth-order valence-corrected chi connectivity index (χ4v) is 2.51. The molecule has 0 unspecified atom stereocenters. The smallest absolute Gasteiger partial charge is 0.323 e. The van der Waals surface area contributed by atoms with Crippen molar-refractivity contribution in [2.24, 2.45) is 0 Å². The molecule has 0 aliphatic carbocycles. The summed E-state index contributed by atoms with van der Waals surface area (Å²) in [6.45, 7) is 5.31. The SMILES string of the molecule is CCN(CC)C(=O)n1ccc(Sc2ccccc2)n1. The second kappa shape index (κ2) is 6.43. The van der Waals surface area contributed by atoms with Crippen LogP contribution in [0.2, 0.25) is 0 Å². The Balaban J connectivity index is 2.09. The fraction of sp³-hybridized carbons (Fsp3) is 0.286. The zero-order valence-electron chi connectivity index (χ0n) is 11.1. The van der Waals surface area contributed by atoms with Gasteiger partial charge < -0.3 is 4.90 Å². The minimum Gasteiger partial charge on any atom is -0.323 e. The standard InChI is InChI=1S/C14H17N3OS/c1-3-16(4-2)14(18)17-11-10-13(15-17)19-12-8-6-5-7-9-12/h5-11H,3-4H2,1-2H3. The summed E-state index contributed by atoms with van der Waals surface area (Å²) in [6.07, 6.45) is 1.71. The van der Waals surface area contributed by atoms with Crippen LogP contribution in [0.4, 0.5) is 4.79 Å². The van der Waals surface area contributed by atoms with Crippen molar-refractivity contribution in [2.75, 3.05) is 13.1 Å². The molecule has 1 aromatic carbocycles. The summed E-state index contributed by atoms with van der Waals surface area (Å²) < 4.78 is 1.40. The Kier molecular flexibility index (Phi) is 4.63. The van der Waals surface area contributed by atoms with Crippen molar-refractivity contribution in [3.63, 3.8) is 0 Å². The molecule has 0 saturated heterocycles. The van der Waals surface area contributed by atoms with Gasteiger partial charge in [0, 0.05) is 24.2 Å². The molecule has 0 spiro atoms. The van der Waals surface area contributed by atoms with Crippen LogP contribution < -0.4 is 0 Å². The highest BCUT2D eigenvalue weighted by Crippen LogP contribution is 2.25. The average molecular weight is 275 g/mol. The number of hydrogen-bond acceptors (Lipinski definition) is 3. The van der Waals surface area contributed by atoms with Gasteiger partial charge in [0.25, 0.3) is 0 Å². The number of amides is 1. The number of nitrogens with zero attached hydrogens (tertiary/aromatic N) is 3. The zero-order valence-corrected chi connectivity index (χ0v) is 11.9. The van der Waals surface area contributed by atoms with E-state index in [0.29, 0.717) is 13.1 Å². The summed E-state index contributed by atoms with van der Waals surface area (Å²) >= 11 is 1.55. The first-order valence-electron chi connectivity index (χ1n) is 6.32. The third kappa shape index (κ3) is 3.38. The van der Waals surface area contributed by atoms with E-state index in [2.05, 4.69) is 5.10 Å². The van der Waals surface area contributed by atoms with Crippen LogP contribution in [0.1, 0.15) is 13.8 Å². The van der Waals surface area contributed by atoms with Crippen LogP contribution >= 0.6 is 11.8 Å². The molecule has 0 atom stereocenters. The summed E-state index contributed by atoms with van der Waals surface area (Å²) in [4.78, 5) is 14.9. The predicted molar refractivity (Wildman–Crippen MR) is 76.5 cm³/mol. The molecule has 4 nitrogen and oxygen atoms in total. The Bertz CT molecular complexity index is 535. The van der Waals surface area contributed by atoms with Gasteiger partial charge in [-0.1, -0.05) is 30.0 Å². The lowest BCUT2D eigenvalue weighted by atomic mass is 10.4. The second-order valence-corrected chi connectivity index (χ2v) is 5.06. The molecule has 0 aliphatic rings. The minimum absolute atomic E-state index is 0.0788. The van der Waals surface area contributed by atoms with Crippen LogP contribution in [-0.2, 0) is 0 Å². The van der Waals surface area contributed by atoms with Crippen molar-refractivity contribution in [3.05, 3.63) is 42.6 Å². The van der Waals surface area contributed by atoms with Crippen molar-refractivity contribution >= 4 is 17.8 Å². The van der Waals surface area contributed by atoms with Crippen LogP contribution in [0.3, 0.4) is 0 Å². The summed E-state index contributed by atoms with van der Waals surface area (Å²) in [5, 5.41) is 5.14. The zero-order chi connectivity index (χ0) is 13.7. The van der Waals surface area contributed by atoms with E-state index in [9.17, 15) is 4.79 Å². The van der Waals surface area contributed by atoms with Crippen molar-refractivity contribution in [1.29, 1.82) is 0 Å². The van der Waals surface area contributed by atoms with Gasteiger partial charge in [0.2, 0.25) is 0 Å². The van der Waals surface area contributed by atoms with Crippen LogP contribution in [-0.4, -0.2) is 33.8 Å². The van der Waals surface area contributed by atoms with Gasteiger partial charge in [-0.15, -0.1) is 0 Å². The summed E-state index contributed by atoms with van der Waals surface area (Å²) in [5.74, 6) is 0. The Hall–Kier alpha value is -1.75. The molecule has 1 heterocycles. The largest absolute Gasteiger partial charge is 0.344 e. The molecule has 0 aliphatic heterocycles. The average Bonchev–Trinajstić information content (AvgIpc) is 2.89. The van der Waals surface area contributed by atoms with Gasteiger partial charge in [0.15, 0.2) is 0 Å². The van der Waals surface area contributed by atoms with E-state index in [1.54, 1.807) is 22.9 Å². The highest BCUT2D eigenvalue weighted by molar-refractivity contribution is 7.99. The van der Waals surface area contributed by atoms with Crippen molar-refractivity contribution in [1.82, 2.24) is 14.7 Å². The summed E-state index contributed by atoms with van der Waals surface area (Å²) in [6, 6.07) is 11.8. The van der Waals surface area contributed by atoms with Gasteiger partial charge in [0.1, 0.15) is 5.03 Å². The minimum atomic E-state index is -0.0788. The maximum absolute atomic E-state index is 12.1. The monoisotopic (exact) mass is 275 g/mol. The number of rotatable bonds is 4. The van der Waals surface area contributed by atoms with Crippen LogP contribution in [0.15, 0.2) is 52.5 Å². The van der Waals surface area contributed by atoms with E-state index >= 15 is 0 Å². The van der Waals surface area contributed by atoms with Gasteiger partial charge >= 0.3 is 6.03 Å². The number of aromatic nitrogens is 2. The van der Waals surface area contributed by atoms with E-state index < -0.39 is 0 Å². The Morgan fingerprint density at radius 3 is 2.53 bits per heavy atom. The van der Waals surface area contributed by atoms with Crippen molar-refractivity contribution in [3.8, 4) is 0 Å². The lowest BCUT2D eigenvalue weighted by molar-refractivity contribution is 0.201. The third-order valence-electron chi connectivity index (χ3n) is 2.76. The Morgan fingerprint density at radius 1 is 1.21 bits per heavy atom. The van der Waals surface area contributed by atoms with Gasteiger partial charge in [-0.3, -0.25) is 0 Å². The first-order valence-corrected chi connectivity index (χ1v) is 7.14. The van der Waals surface area contributed by atoms with Crippen LogP contribution in [0.5, 0.6) is 0 Å². The Labute approximate surface area is 117 Å². The number of hydrogen-bond donors (Lipinski definition) is 0. The van der Waals surface area contributed by atoms with Gasteiger partial charge in [-0.05, 0) is 32.0 Å². The lowest BCUT2D eigenvalue weighted by Gasteiger charge is -2.17. The van der Waals surface area contributed by atoms with Crippen LogP contribution in [0.25, 0.3) is 0 Å². The molecular formula is C14H17N3OS. The number of carbonyl (C=O) groups is 1.